The number of aryl methyl sites for hydroxylation is 1. The van der Waals surface area contributed by atoms with Crippen LogP contribution in [0.4, 0.5) is 11.4 Å². The van der Waals surface area contributed by atoms with Gasteiger partial charge in [-0.05, 0) is 32.3 Å². The Bertz CT molecular complexity index is 441. The lowest BCUT2D eigenvalue weighted by Gasteiger charge is -2.36. The number of nitro benzene ring substituents is 1. The highest BCUT2D eigenvalue weighted by atomic mass is 16.6. The highest BCUT2D eigenvalue weighted by Gasteiger charge is 2.33. The number of aliphatic hydroxyl groups is 1. The summed E-state index contributed by atoms with van der Waals surface area (Å²) in [6, 6.07) is 5.02. The molecule has 2 N–H and O–H groups in total. The number of hydrogen-bond acceptors (Lipinski definition) is 4. The molecule has 1 fully saturated rings. The Kier molecular flexibility index (Phi) is 3.02. The average Bonchev–Trinajstić information content (AvgIpc) is 2.25. The molecule has 0 heterocycles. The van der Waals surface area contributed by atoms with Crippen molar-refractivity contribution in [1.29, 1.82) is 0 Å². The predicted octanol–water partition coefficient (Wildman–Crippen LogP) is 2.23. The van der Waals surface area contributed by atoms with Crippen molar-refractivity contribution in [3.8, 4) is 0 Å². The van der Waals surface area contributed by atoms with E-state index in [-0.39, 0.29) is 5.69 Å². The maximum absolute atomic E-state index is 10.8. The van der Waals surface area contributed by atoms with Crippen LogP contribution in [0.25, 0.3) is 0 Å². The van der Waals surface area contributed by atoms with E-state index < -0.39 is 10.5 Å². The average molecular weight is 236 g/mol. The summed E-state index contributed by atoms with van der Waals surface area (Å²) in [5.41, 5.74) is 0.806. The minimum absolute atomic E-state index is 0.107. The van der Waals surface area contributed by atoms with Crippen LogP contribution >= 0.6 is 0 Å². The zero-order valence-electron chi connectivity index (χ0n) is 9.77. The van der Waals surface area contributed by atoms with Gasteiger partial charge in [0, 0.05) is 23.9 Å². The van der Waals surface area contributed by atoms with Gasteiger partial charge < -0.3 is 10.4 Å². The fraction of sp³-hybridized carbons (Fsp3) is 0.500. The topological polar surface area (TPSA) is 75.4 Å². The predicted molar refractivity (Wildman–Crippen MR) is 65.1 cm³/mol. The SMILES string of the molecule is Cc1ccc(NCC2(O)CCC2)cc1[N+](=O)[O-]. The molecule has 0 unspecified atom stereocenters. The second-order valence-corrected chi connectivity index (χ2v) is 4.69. The third-order valence-corrected chi connectivity index (χ3v) is 3.31. The molecule has 0 spiro atoms. The van der Waals surface area contributed by atoms with E-state index in [9.17, 15) is 15.2 Å². The van der Waals surface area contributed by atoms with Gasteiger partial charge in [0.2, 0.25) is 0 Å². The molecule has 1 aliphatic rings. The van der Waals surface area contributed by atoms with Crippen LogP contribution in [0.2, 0.25) is 0 Å². The van der Waals surface area contributed by atoms with Gasteiger partial charge in [-0.15, -0.1) is 0 Å². The molecule has 0 radical (unpaired) electrons. The third kappa shape index (κ3) is 2.55. The molecule has 0 aliphatic heterocycles. The first-order valence-electron chi connectivity index (χ1n) is 5.71. The molecular formula is C12H16N2O3. The number of rotatable bonds is 4. The van der Waals surface area contributed by atoms with Crippen LogP contribution in [0.15, 0.2) is 18.2 Å². The summed E-state index contributed by atoms with van der Waals surface area (Å²) < 4.78 is 0. The molecule has 0 saturated heterocycles. The smallest absolute Gasteiger partial charge is 0.274 e. The summed E-state index contributed by atoms with van der Waals surface area (Å²) in [4.78, 5) is 10.4. The molecule has 5 nitrogen and oxygen atoms in total. The van der Waals surface area contributed by atoms with E-state index in [1.165, 1.54) is 6.07 Å². The molecular weight excluding hydrogens is 220 g/mol. The third-order valence-electron chi connectivity index (χ3n) is 3.31. The molecule has 5 heteroatoms. The quantitative estimate of drug-likeness (QED) is 0.621. The molecule has 0 bridgehead atoms. The van der Waals surface area contributed by atoms with Gasteiger partial charge >= 0.3 is 0 Å². The summed E-state index contributed by atoms with van der Waals surface area (Å²) in [5.74, 6) is 0. The van der Waals surface area contributed by atoms with Gasteiger partial charge in [-0.25, -0.2) is 0 Å². The number of nitro groups is 1. The van der Waals surface area contributed by atoms with Gasteiger partial charge in [0.1, 0.15) is 0 Å². The molecule has 0 aromatic heterocycles. The number of nitrogens with one attached hydrogen (secondary N) is 1. The van der Waals surface area contributed by atoms with Crippen molar-refractivity contribution in [3.63, 3.8) is 0 Å². The summed E-state index contributed by atoms with van der Waals surface area (Å²) in [6.45, 7) is 2.16. The van der Waals surface area contributed by atoms with Crippen LogP contribution < -0.4 is 5.32 Å². The Morgan fingerprint density at radius 2 is 2.24 bits per heavy atom. The van der Waals surface area contributed by atoms with Crippen molar-refractivity contribution in [3.05, 3.63) is 33.9 Å². The van der Waals surface area contributed by atoms with Crippen LogP contribution in [0, 0.1) is 17.0 Å². The van der Waals surface area contributed by atoms with E-state index in [2.05, 4.69) is 5.32 Å². The first-order chi connectivity index (χ1) is 8.00. The van der Waals surface area contributed by atoms with Gasteiger partial charge in [-0.3, -0.25) is 10.1 Å². The lowest BCUT2D eigenvalue weighted by Crippen LogP contribution is -2.43. The first kappa shape index (κ1) is 11.9. The zero-order chi connectivity index (χ0) is 12.5. The fourth-order valence-corrected chi connectivity index (χ4v) is 1.94. The normalized spacial score (nSPS) is 17.3. The van der Waals surface area contributed by atoms with Crippen molar-refractivity contribution in [2.45, 2.75) is 31.8 Å². The van der Waals surface area contributed by atoms with E-state index in [0.29, 0.717) is 17.8 Å². The van der Waals surface area contributed by atoms with Crippen LogP contribution in [0.5, 0.6) is 0 Å². The number of anilines is 1. The van der Waals surface area contributed by atoms with Gasteiger partial charge in [-0.2, -0.15) is 0 Å². The molecule has 2 rings (SSSR count). The fourth-order valence-electron chi connectivity index (χ4n) is 1.94. The molecule has 1 aromatic rings. The number of hydrogen-bond donors (Lipinski definition) is 2. The molecule has 0 atom stereocenters. The lowest BCUT2D eigenvalue weighted by molar-refractivity contribution is -0.385. The van der Waals surface area contributed by atoms with Gasteiger partial charge in [0.25, 0.3) is 5.69 Å². The van der Waals surface area contributed by atoms with Crippen molar-refractivity contribution in [2.75, 3.05) is 11.9 Å². The van der Waals surface area contributed by atoms with Crippen LogP contribution in [-0.4, -0.2) is 22.2 Å². The summed E-state index contributed by atoms with van der Waals surface area (Å²) >= 11 is 0. The Balaban J connectivity index is 2.06. The summed E-state index contributed by atoms with van der Waals surface area (Å²) in [5, 5.41) is 23.7. The van der Waals surface area contributed by atoms with Crippen LogP contribution in [0.1, 0.15) is 24.8 Å². The standard InChI is InChI=1S/C12H16N2O3/c1-9-3-4-10(7-11(9)14(16)17)13-8-12(15)5-2-6-12/h3-4,7,13,15H,2,5-6,8H2,1H3. The van der Waals surface area contributed by atoms with E-state index in [0.717, 1.165) is 19.3 Å². The Morgan fingerprint density at radius 1 is 1.53 bits per heavy atom. The highest BCUT2D eigenvalue weighted by molar-refractivity contribution is 5.55. The van der Waals surface area contributed by atoms with E-state index in [1.54, 1.807) is 19.1 Å². The molecule has 0 amide bonds. The Labute approximate surface area is 99.6 Å². The van der Waals surface area contributed by atoms with Crippen LogP contribution in [-0.2, 0) is 0 Å². The number of benzene rings is 1. The second-order valence-electron chi connectivity index (χ2n) is 4.69. The van der Waals surface area contributed by atoms with Crippen molar-refractivity contribution < 1.29 is 10.0 Å². The monoisotopic (exact) mass is 236 g/mol. The summed E-state index contributed by atoms with van der Waals surface area (Å²) in [6.07, 6.45) is 2.65. The molecule has 1 aliphatic carbocycles. The second kappa shape index (κ2) is 4.33. The maximum atomic E-state index is 10.8. The first-order valence-corrected chi connectivity index (χ1v) is 5.71. The van der Waals surface area contributed by atoms with Crippen molar-refractivity contribution in [1.82, 2.24) is 0 Å². The molecule has 92 valence electrons. The van der Waals surface area contributed by atoms with E-state index in [4.69, 9.17) is 0 Å². The van der Waals surface area contributed by atoms with Gasteiger partial charge in [-0.1, -0.05) is 6.07 Å². The van der Waals surface area contributed by atoms with Gasteiger partial charge in [0.05, 0.1) is 10.5 Å². The van der Waals surface area contributed by atoms with E-state index in [1.807, 2.05) is 0 Å². The molecule has 1 aromatic carbocycles. The Hall–Kier alpha value is -1.62. The highest BCUT2D eigenvalue weighted by Crippen LogP contribution is 2.32. The van der Waals surface area contributed by atoms with Crippen molar-refractivity contribution >= 4 is 11.4 Å². The van der Waals surface area contributed by atoms with Crippen molar-refractivity contribution in [2.24, 2.45) is 0 Å². The molecule has 1 saturated carbocycles. The van der Waals surface area contributed by atoms with Gasteiger partial charge in [0.15, 0.2) is 0 Å². The Morgan fingerprint density at radius 3 is 2.76 bits per heavy atom. The van der Waals surface area contributed by atoms with Crippen LogP contribution in [0.3, 0.4) is 0 Å². The number of nitrogens with zero attached hydrogens (tertiary/aromatic N) is 1. The molecule has 17 heavy (non-hydrogen) atoms. The maximum Gasteiger partial charge on any atom is 0.274 e. The zero-order valence-corrected chi connectivity index (χ0v) is 9.77. The van der Waals surface area contributed by atoms with E-state index >= 15 is 0 Å². The largest absolute Gasteiger partial charge is 0.388 e. The minimum atomic E-state index is -0.625. The lowest BCUT2D eigenvalue weighted by atomic mass is 9.80. The summed E-state index contributed by atoms with van der Waals surface area (Å²) in [7, 11) is 0. The minimum Gasteiger partial charge on any atom is -0.388 e.